The highest BCUT2D eigenvalue weighted by Gasteiger charge is 2.05. The van der Waals surface area contributed by atoms with E-state index in [4.69, 9.17) is 0 Å². The van der Waals surface area contributed by atoms with Crippen LogP contribution in [0.1, 0.15) is 25.3 Å². The standard InChI is InChI=1S/C16H26BrFN4O2S/c1-3-25(23,24)22-11-5-10-21-16(19-2)20-9-4-6-13-7-8-14(17)12-15(13)18/h7-8,12,22H,3-6,9-11H2,1-2H3,(H2,19,20,21). The zero-order valence-corrected chi connectivity index (χ0v) is 17.0. The van der Waals surface area contributed by atoms with E-state index in [-0.39, 0.29) is 11.6 Å². The van der Waals surface area contributed by atoms with E-state index >= 15 is 0 Å². The summed E-state index contributed by atoms with van der Waals surface area (Å²) >= 11 is 3.24. The number of aryl methyl sites for hydroxylation is 1. The molecule has 3 N–H and O–H groups in total. The molecule has 0 atom stereocenters. The SMILES string of the molecule is CCS(=O)(=O)NCCCNC(=NC)NCCCc1ccc(Br)cc1F. The second-order valence-electron chi connectivity index (χ2n) is 5.42. The van der Waals surface area contributed by atoms with Gasteiger partial charge in [0.05, 0.1) is 5.75 Å². The molecule has 0 saturated carbocycles. The minimum absolute atomic E-state index is 0.0859. The fraction of sp³-hybridized carbons (Fsp3) is 0.562. The third-order valence-corrected chi connectivity index (χ3v) is 5.40. The summed E-state index contributed by atoms with van der Waals surface area (Å²) in [6.45, 7) is 3.26. The van der Waals surface area contributed by atoms with E-state index in [1.54, 1.807) is 20.0 Å². The zero-order valence-electron chi connectivity index (χ0n) is 14.6. The number of sulfonamides is 1. The highest BCUT2D eigenvalue weighted by atomic mass is 79.9. The van der Waals surface area contributed by atoms with Crippen LogP contribution < -0.4 is 15.4 Å². The molecule has 0 amide bonds. The topological polar surface area (TPSA) is 82.6 Å². The molecule has 0 heterocycles. The second-order valence-corrected chi connectivity index (χ2v) is 8.43. The fourth-order valence-electron chi connectivity index (χ4n) is 2.06. The van der Waals surface area contributed by atoms with Crippen molar-refractivity contribution in [3.8, 4) is 0 Å². The molecular weight excluding hydrogens is 411 g/mol. The molecule has 0 aromatic heterocycles. The van der Waals surface area contributed by atoms with Crippen molar-refractivity contribution >= 4 is 31.9 Å². The molecule has 25 heavy (non-hydrogen) atoms. The molecule has 0 bridgehead atoms. The largest absolute Gasteiger partial charge is 0.356 e. The molecule has 0 fully saturated rings. The second kappa shape index (κ2) is 11.4. The van der Waals surface area contributed by atoms with Crippen molar-refractivity contribution in [1.29, 1.82) is 0 Å². The van der Waals surface area contributed by atoms with Gasteiger partial charge in [-0.15, -0.1) is 0 Å². The monoisotopic (exact) mass is 436 g/mol. The Kier molecular flexibility index (Phi) is 9.99. The van der Waals surface area contributed by atoms with Gasteiger partial charge in [0, 0.05) is 31.2 Å². The molecule has 0 spiro atoms. The van der Waals surface area contributed by atoms with Crippen molar-refractivity contribution in [1.82, 2.24) is 15.4 Å². The number of guanidine groups is 1. The average Bonchev–Trinajstić information content (AvgIpc) is 2.58. The average molecular weight is 437 g/mol. The maximum atomic E-state index is 13.7. The lowest BCUT2D eigenvalue weighted by Crippen LogP contribution is -2.39. The zero-order chi connectivity index (χ0) is 18.7. The highest BCUT2D eigenvalue weighted by molar-refractivity contribution is 9.10. The first-order chi connectivity index (χ1) is 11.9. The van der Waals surface area contributed by atoms with Gasteiger partial charge in [-0.1, -0.05) is 22.0 Å². The highest BCUT2D eigenvalue weighted by Crippen LogP contribution is 2.16. The van der Waals surface area contributed by atoms with Gasteiger partial charge >= 0.3 is 0 Å². The Morgan fingerprint density at radius 1 is 1.20 bits per heavy atom. The van der Waals surface area contributed by atoms with Crippen LogP contribution in [0, 0.1) is 5.82 Å². The van der Waals surface area contributed by atoms with E-state index in [9.17, 15) is 12.8 Å². The number of nitrogens with zero attached hydrogens (tertiary/aromatic N) is 1. The number of hydrogen-bond donors (Lipinski definition) is 3. The van der Waals surface area contributed by atoms with Gasteiger partial charge in [0.2, 0.25) is 10.0 Å². The molecule has 1 rings (SSSR count). The lowest BCUT2D eigenvalue weighted by atomic mass is 10.1. The molecule has 0 saturated heterocycles. The Hall–Kier alpha value is -1.19. The van der Waals surface area contributed by atoms with Gasteiger partial charge in [-0.05, 0) is 43.9 Å². The van der Waals surface area contributed by atoms with Gasteiger partial charge in [0.25, 0.3) is 0 Å². The van der Waals surface area contributed by atoms with Crippen LogP contribution in [0.3, 0.4) is 0 Å². The summed E-state index contributed by atoms with van der Waals surface area (Å²) in [6, 6.07) is 5.08. The Morgan fingerprint density at radius 3 is 2.48 bits per heavy atom. The number of rotatable bonds is 10. The van der Waals surface area contributed by atoms with Gasteiger partial charge in [-0.3, -0.25) is 4.99 Å². The van der Waals surface area contributed by atoms with Crippen LogP contribution in [-0.2, 0) is 16.4 Å². The predicted molar refractivity (Wildman–Crippen MR) is 104 cm³/mol. The van der Waals surface area contributed by atoms with E-state index in [1.165, 1.54) is 6.07 Å². The molecule has 0 aliphatic rings. The molecule has 0 unspecified atom stereocenters. The summed E-state index contributed by atoms with van der Waals surface area (Å²) in [6.07, 6.45) is 2.07. The van der Waals surface area contributed by atoms with Gasteiger partial charge in [-0.25, -0.2) is 17.5 Å². The lowest BCUT2D eigenvalue weighted by Gasteiger charge is -2.12. The van der Waals surface area contributed by atoms with Gasteiger partial charge in [0.15, 0.2) is 5.96 Å². The van der Waals surface area contributed by atoms with Crippen molar-refractivity contribution in [3.05, 3.63) is 34.1 Å². The van der Waals surface area contributed by atoms with Crippen LogP contribution in [0.15, 0.2) is 27.7 Å². The van der Waals surface area contributed by atoms with E-state index in [1.807, 2.05) is 6.07 Å². The van der Waals surface area contributed by atoms with Crippen molar-refractivity contribution in [2.24, 2.45) is 4.99 Å². The van der Waals surface area contributed by atoms with Crippen LogP contribution in [0.2, 0.25) is 0 Å². The minimum atomic E-state index is -3.13. The molecule has 0 aliphatic carbocycles. The Balaban J connectivity index is 2.20. The summed E-state index contributed by atoms with van der Waals surface area (Å²) in [5.41, 5.74) is 0.691. The van der Waals surface area contributed by atoms with Gasteiger partial charge < -0.3 is 10.6 Å². The summed E-state index contributed by atoms with van der Waals surface area (Å²) in [4.78, 5) is 4.10. The third-order valence-electron chi connectivity index (χ3n) is 3.50. The normalized spacial score (nSPS) is 12.2. The molecule has 142 valence electrons. The van der Waals surface area contributed by atoms with Gasteiger partial charge in [0.1, 0.15) is 5.82 Å². The van der Waals surface area contributed by atoms with Crippen molar-refractivity contribution < 1.29 is 12.8 Å². The first kappa shape index (κ1) is 21.9. The Morgan fingerprint density at radius 2 is 1.88 bits per heavy atom. The van der Waals surface area contributed by atoms with E-state index in [0.717, 1.165) is 10.9 Å². The van der Waals surface area contributed by atoms with E-state index < -0.39 is 10.0 Å². The maximum absolute atomic E-state index is 13.7. The number of benzene rings is 1. The van der Waals surface area contributed by atoms with Gasteiger partial charge in [-0.2, -0.15) is 0 Å². The summed E-state index contributed by atoms with van der Waals surface area (Å²) in [5.74, 6) is 0.531. The molecular formula is C16H26BrFN4O2S. The van der Waals surface area contributed by atoms with Crippen LogP contribution in [-0.4, -0.2) is 46.8 Å². The fourth-order valence-corrected chi connectivity index (χ4v) is 3.05. The quantitative estimate of drug-likeness (QED) is 0.297. The molecule has 6 nitrogen and oxygen atoms in total. The molecule has 1 aromatic carbocycles. The van der Waals surface area contributed by atoms with E-state index in [0.29, 0.717) is 44.0 Å². The van der Waals surface area contributed by atoms with Crippen molar-refractivity contribution in [2.75, 3.05) is 32.4 Å². The first-order valence-corrected chi connectivity index (χ1v) is 10.7. The lowest BCUT2D eigenvalue weighted by molar-refractivity contribution is 0.579. The summed E-state index contributed by atoms with van der Waals surface area (Å²) < 4.78 is 39.5. The van der Waals surface area contributed by atoms with E-state index in [2.05, 4.69) is 36.3 Å². The van der Waals surface area contributed by atoms with Crippen molar-refractivity contribution in [2.45, 2.75) is 26.2 Å². The van der Waals surface area contributed by atoms with Crippen LogP contribution >= 0.6 is 15.9 Å². The predicted octanol–water partition coefficient (Wildman–Crippen LogP) is 2.02. The molecule has 0 aliphatic heterocycles. The smallest absolute Gasteiger partial charge is 0.211 e. The summed E-state index contributed by atoms with van der Waals surface area (Å²) in [5, 5.41) is 6.27. The number of aliphatic imine (C=N–C) groups is 1. The van der Waals surface area contributed by atoms with Crippen LogP contribution in [0.5, 0.6) is 0 Å². The minimum Gasteiger partial charge on any atom is -0.356 e. The summed E-state index contributed by atoms with van der Waals surface area (Å²) in [7, 11) is -1.46. The van der Waals surface area contributed by atoms with Crippen LogP contribution in [0.4, 0.5) is 4.39 Å². The Labute approximate surface area is 157 Å². The molecule has 0 radical (unpaired) electrons. The Bertz CT molecular complexity index is 668. The number of nitrogens with one attached hydrogen (secondary N) is 3. The number of halogens is 2. The molecule has 1 aromatic rings. The molecule has 9 heteroatoms. The van der Waals surface area contributed by atoms with Crippen molar-refractivity contribution in [3.63, 3.8) is 0 Å². The number of hydrogen-bond acceptors (Lipinski definition) is 3. The first-order valence-electron chi connectivity index (χ1n) is 8.23. The van der Waals surface area contributed by atoms with Crippen LogP contribution in [0.25, 0.3) is 0 Å². The maximum Gasteiger partial charge on any atom is 0.211 e. The third kappa shape index (κ3) is 9.18.